The Labute approximate surface area is 95.8 Å². The van der Waals surface area contributed by atoms with Crippen molar-refractivity contribution in [1.82, 2.24) is 0 Å². The van der Waals surface area contributed by atoms with Gasteiger partial charge >= 0.3 is 0 Å². The molecule has 0 heterocycles. The molecule has 0 heteroatoms. The Morgan fingerprint density at radius 2 is 2.00 bits per heavy atom. The zero-order valence-corrected chi connectivity index (χ0v) is 10.6. The highest BCUT2D eigenvalue weighted by atomic mass is 14.1. The molecular weight excluding hydrogens is 180 g/mol. The van der Waals surface area contributed by atoms with E-state index in [1.165, 1.54) is 31.3 Å². The van der Waals surface area contributed by atoms with Crippen molar-refractivity contribution in [3.63, 3.8) is 0 Å². The summed E-state index contributed by atoms with van der Waals surface area (Å²) in [5.74, 6) is 0.827. The van der Waals surface area contributed by atoms with E-state index in [0.29, 0.717) is 0 Å². The van der Waals surface area contributed by atoms with Crippen LogP contribution in [-0.4, -0.2) is 0 Å². The second kappa shape index (κ2) is 9.76. The summed E-state index contributed by atoms with van der Waals surface area (Å²) < 4.78 is 0. The van der Waals surface area contributed by atoms with Gasteiger partial charge in [0.25, 0.3) is 0 Å². The summed E-state index contributed by atoms with van der Waals surface area (Å²) in [6.07, 6.45) is 14.7. The minimum atomic E-state index is 0.827. The lowest BCUT2D eigenvalue weighted by atomic mass is 9.92. The van der Waals surface area contributed by atoms with Crippen LogP contribution in [0.1, 0.15) is 52.9 Å². The van der Waals surface area contributed by atoms with Crippen LogP contribution in [0, 0.1) is 5.92 Å². The number of rotatable bonds is 8. The molecule has 0 aromatic heterocycles. The van der Waals surface area contributed by atoms with Gasteiger partial charge in [0.2, 0.25) is 0 Å². The summed E-state index contributed by atoms with van der Waals surface area (Å²) in [7, 11) is 0. The van der Waals surface area contributed by atoms with Gasteiger partial charge in [0.15, 0.2) is 0 Å². The second-order valence-electron chi connectivity index (χ2n) is 4.16. The fourth-order valence-electron chi connectivity index (χ4n) is 1.68. The minimum absolute atomic E-state index is 0.827. The van der Waals surface area contributed by atoms with Gasteiger partial charge in [-0.05, 0) is 19.3 Å². The summed E-state index contributed by atoms with van der Waals surface area (Å²) >= 11 is 0. The van der Waals surface area contributed by atoms with Crippen molar-refractivity contribution in [2.45, 2.75) is 52.9 Å². The molecule has 0 spiro atoms. The van der Waals surface area contributed by atoms with E-state index >= 15 is 0 Å². The SMILES string of the molecule is C=C(/C=C\C=CC)CC(CC)CCCC. The number of unbranched alkanes of at least 4 members (excludes halogenated alkanes) is 1. The van der Waals surface area contributed by atoms with Crippen molar-refractivity contribution in [3.8, 4) is 0 Å². The molecule has 0 saturated heterocycles. The summed E-state index contributed by atoms with van der Waals surface area (Å²) in [5.41, 5.74) is 1.26. The molecule has 1 unspecified atom stereocenters. The van der Waals surface area contributed by atoms with Crippen LogP contribution in [0.5, 0.6) is 0 Å². The quantitative estimate of drug-likeness (QED) is 0.474. The highest BCUT2D eigenvalue weighted by Crippen LogP contribution is 2.20. The number of allylic oxidation sites excluding steroid dienone is 5. The third-order valence-electron chi connectivity index (χ3n) is 2.73. The van der Waals surface area contributed by atoms with Crippen LogP contribution in [0.25, 0.3) is 0 Å². The maximum atomic E-state index is 4.10. The lowest BCUT2D eigenvalue weighted by Crippen LogP contribution is -1.99. The molecule has 0 aromatic rings. The van der Waals surface area contributed by atoms with Crippen LogP contribution >= 0.6 is 0 Å². The van der Waals surface area contributed by atoms with Crippen LogP contribution in [-0.2, 0) is 0 Å². The van der Waals surface area contributed by atoms with Crippen molar-refractivity contribution in [1.29, 1.82) is 0 Å². The summed E-state index contributed by atoms with van der Waals surface area (Å²) in [5, 5.41) is 0. The van der Waals surface area contributed by atoms with Gasteiger partial charge in [-0.25, -0.2) is 0 Å². The van der Waals surface area contributed by atoms with Crippen molar-refractivity contribution in [2.75, 3.05) is 0 Å². The molecule has 0 N–H and O–H groups in total. The van der Waals surface area contributed by atoms with Gasteiger partial charge < -0.3 is 0 Å². The first-order valence-electron chi connectivity index (χ1n) is 6.21. The molecule has 0 rings (SSSR count). The van der Waals surface area contributed by atoms with E-state index < -0.39 is 0 Å². The van der Waals surface area contributed by atoms with Gasteiger partial charge in [0.1, 0.15) is 0 Å². The average molecular weight is 206 g/mol. The highest BCUT2D eigenvalue weighted by Gasteiger charge is 2.05. The van der Waals surface area contributed by atoms with Crippen molar-refractivity contribution in [2.24, 2.45) is 5.92 Å². The van der Waals surface area contributed by atoms with Gasteiger partial charge in [-0.1, -0.05) is 76.0 Å². The maximum absolute atomic E-state index is 4.10. The number of hydrogen-bond donors (Lipinski definition) is 0. The zero-order valence-electron chi connectivity index (χ0n) is 10.6. The molecule has 0 aliphatic carbocycles. The standard InChI is InChI=1S/C15H26/c1-5-8-10-11-14(4)13-15(7-3)12-9-6-2/h5,8,10-11,15H,4,6-7,9,12-13H2,1-3H3/b8-5?,11-10-. The van der Waals surface area contributed by atoms with Crippen LogP contribution < -0.4 is 0 Å². The Kier molecular flexibility index (Phi) is 9.26. The maximum Gasteiger partial charge on any atom is -0.0256 e. The Bertz CT molecular complexity index is 208. The fraction of sp³-hybridized carbons (Fsp3) is 0.600. The van der Waals surface area contributed by atoms with Crippen LogP contribution in [0.2, 0.25) is 0 Å². The van der Waals surface area contributed by atoms with E-state index in [2.05, 4.69) is 38.7 Å². The second-order valence-corrected chi connectivity index (χ2v) is 4.16. The predicted octanol–water partition coefficient (Wildman–Crippen LogP) is 5.28. The average Bonchev–Trinajstić information content (AvgIpc) is 2.24. The van der Waals surface area contributed by atoms with Crippen LogP contribution in [0.3, 0.4) is 0 Å². The Balaban J connectivity index is 3.89. The molecule has 0 amide bonds. The van der Waals surface area contributed by atoms with E-state index in [-0.39, 0.29) is 0 Å². The van der Waals surface area contributed by atoms with E-state index in [0.717, 1.165) is 12.3 Å². The van der Waals surface area contributed by atoms with Crippen LogP contribution in [0.15, 0.2) is 36.5 Å². The Morgan fingerprint density at radius 3 is 2.53 bits per heavy atom. The molecule has 86 valence electrons. The molecule has 1 atom stereocenters. The predicted molar refractivity (Wildman–Crippen MR) is 71.0 cm³/mol. The zero-order chi connectivity index (χ0) is 11.5. The van der Waals surface area contributed by atoms with E-state index in [1.807, 2.05) is 13.0 Å². The smallest absolute Gasteiger partial charge is 0.0256 e. The summed E-state index contributed by atoms with van der Waals surface area (Å²) in [6.45, 7) is 10.7. The fourth-order valence-corrected chi connectivity index (χ4v) is 1.68. The van der Waals surface area contributed by atoms with E-state index in [1.54, 1.807) is 0 Å². The minimum Gasteiger partial charge on any atom is -0.0958 e. The molecule has 0 saturated carbocycles. The molecule has 0 fully saturated rings. The molecule has 0 aliphatic heterocycles. The molecule has 0 nitrogen and oxygen atoms in total. The summed E-state index contributed by atoms with van der Waals surface area (Å²) in [6, 6.07) is 0. The van der Waals surface area contributed by atoms with E-state index in [4.69, 9.17) is 0 Å². The highest BCUT2D eigenvalue weighted by molar-refractivity contribution is 5.19. The molecule has 15 heavy (non-hydrogen) atoms. The topological polar surface area (TPSA) is 0 Å². The molecule has 0 aromatic carbocycles. The van der Waals surface area contributed by atoms with Gasteiger partial charge in [0, 0.05) is 0 Å². The van der Waals surface area contributed by atoms with Crippen molar-refractivity contribution >= 4 is 0 Å². The first-order valence-corrected chi connectivity index (χ1v) is 6.21. The van der Waals surface area contributed by atoms with Gasteiger partial charge in [-0.2, -0.15) is 0 Å². The van der Waals surface area contributed by atoms with E-state index in [9.17, 15) is 0 Å². The summed E-state index contributed by atoms with van der Waals surface area (Å²) in [4.78, 5) is 0. The molecule has 0 bridgehead atoms. The Hall–Kier alpha value is -0.780. The van der Waals surface area contributed by atoms with Gasteiger partial charge in [-0.3, -0.25) is 0 Å². The first-order chi connectivity index (χ1) is 7.24. The monoisotopic (exact) mass is 206 g/mol. The molecule has 0 aliphatic rings. The van der Waals surface area contributed by atoms with Crippen molar-refractivity contribution in [3.05, 3.63) is 36.5 Å². The van der Waals surface area contributed by atoms with Gasteiger partial charge in [0.05, 0.1) is 0 Å². The lowest BCUT2D eigenvalue weighted by molar-refractivity contribution is 0.451. The largest absolute Gasteiger partial charge is 0.0958 e. The third kappa shape index (κ3) is 8.23. The molecule has 0 radical (unpaired) electrons. The third-order valence-corrected chi connectivity index (χ3v) is 2.73. The Morgan fingerprint density at radius 1 is 1.27 bits per heavy atom. The first kappa shape index (κ1) is 14.2. The molecular formula is C15H26. The van der Waals surface area contributed by atoms with Gasteiger partial charge in [-0.15, -0.1) is 0 Å². The number of hydrogen-bond acceptors (Lipinski definition) is 0. The van der Waals surface area contributed by atoms with Crippen molar-refractivity contribution < 1.29 is 0 Å². The lowest BCUT2D eigenvalue weighted by Gasteiger charge is -2.13. The van der Waals surface area contributed by atoms with Crippen LogP contribution in [0.4, 0.5) is 0 Å². The normalized spacial score (nSPS) is 13.8.